The highest BCUT2D eigenvalue weighted by molar-refractivity contribution is 7.00. The number of benzene rings is 11. The molecule has 0 spiro atoms. The van der Waals surface area contributed by atoms with Crippen molar-refractivity contribution in [1.29, 1.82) is 0 Å². The summed E-state index contributed by atoms with van der Waals surface area (Å²) in [5, 5.41) is 0. The monoisotopic (exact) mass is 1610 g/mol. The standard InChI is InChI=1S/C118H116N2OS/c1-19-21-22-23-24-25-26-27-28-29-30-39-63-121-113-68(3)73(57-58-87-106-97-78-45-35-37-47-80(78)98(81-48-38-36-46-79(81)97)109(106)89(61-62-114(4,5)6)110-102-85-56-52-71(117(13,14)15)66-93(85)101(108(87)110)84-55-51-72(67-94(84)102)118(16,17)18)111-112(120-122-119-111)90(113)60-59-88-105-96-76-43-33-31-41-74(76)95(75-42-32-34-44-77(75)96)103(105)86(40-20-2)104-99-82-53-49-70(116(10,11)12)65-92(82)100(107(88)104)83-54-50-69(64-91(83)99)115(7,8)9/h31-38,41-56,64-67,95-102H,19,21-30,39,63H2,1-18H3/t95-,96-,97-,98-,99-,100+,101-,102+/m0/s1. The molecule has 0 saturated heterocycles. The van der Waals surface area contributed by atoms with Crippen LogP contribution in [0.5, 0.6) is 5.75 Å². The predicted molar refractivity (Wildman–Crippen MR) is 506 cm³/mol. The molecule has 0 aliphatic heterocycles. The van der Waals surface area contributed by atoms with Crippen molar-refractivity contribution < 1.29 is 4.74 Å². The van der Waals surface area contributed by atoms with E-state index in [-0.39, 0.29) is 74.4 Å². The lowest BCUT2D eigenvalue weighted by atomic mass is 9.53. The van der Waals surface area contributed by atoms with Gasteiger partial charge in [-0.3, -0.25) is 0 Å². The van der Waals surface area contributed by atoms with Crippen molar-refractivity contribution in [1.82, 2.24) is 8.75 Å². The van der Waals surface area contributed by atoms with Crippen LogP contribution in [0.25, 0.3) is 11.0 Å². The van der Waals surface area contributed by atoms with Crippen molar-refractivity contribution in [3.05, 3.63) is 365 Å². The molecule has 12 aromatic rings. The van der Waals surface area contributed by atoms with Crippen molar-refractivity contribution in [2.75, 3.05) is 6.61 Å². The second kappa shape index (κ2) is 29.8. The van der Waals surface area contributed by atoms with Gasteiger partial charge in [-0.15, -0.1) is 5.92 Å². The van der Waals surface area contributed by atoms with E-state index in [2.05, 4.69) is 335 Å². The Hall–Kier alpha value is -10.7. The fourth-order valence-corrected chi connectivity index (χ4v) is 23.6. The van der Waals surface area contributed by atoms with E-state index in [1.165, 1.54) is 243 Å². The summed E-state index contributed by atoms with van der Waals surface area (Å²) in [5.74, 6) is 32.8. The third-order valence-electron chi connectivity index (χ3n) is 29.0. The molecule has 4 heteroatoms. The Morgan fingerprint density at radius 3 is 0.844 bits per heavy atom. The molecule has 4 atom stereocenters. The lowest BCUT2D eigenvalue weighted by molar-refractivity contribution is 0.302. The molecule has 0 saturated carbocycles. The predicted octanol–water partition coefficient (Wildman–Crippen LogP) is 28.8. The number of aromatic nitrogens is 2. The molecule has 0 fully saturated rings. The van der Waals surface area contributed by atoms with Crippen molar-refractivity contribution in [3.63, 3.8) is 0 Å². The van der Waals surface area contributed by atoms with Crippen LogP contribution in [0.3, 0.4) is 0 Å². The Bertz CT molecular complexity index is 6580. The Balaban J connectivity index is 0.844. The van der Waals surface area contributed by atoms with Crippen molar-refractivity contribution >= 4 is 22.8 Å². The zero-order valence-electron chi connectivity index (χ0n) is 75.2. The Morgan fingerprint density at radius 2 is 0.549 bits per heavy atom. The van der Waals surface area contributed by atoms with Crippen LogP contribution >= 0.6 is 11.7 Å². The normalized spacial score (nSPS) is 18.7. The van der Waals surface area contributed by atoms with E-state index in [1.54, 1.807) is 0 Å². The Kier molecular flexibility index (Phi) is 19.5. The highest BCUT2D eigenvalue weighted by atomic mass is 32.1. The van der Waals surface area contributed by atoms with Crippen molar-refractivity contribution in [2.24, 2.45) is 5.41 Å². The Morgan fingerprint density at radius 1 is 0.295 bits per heavy atom. The van der Waals surface area contributed by atoms with Crippen molar-refractivity contribution in [2.45, 2.75) is 271 Å². The number of ether oxygens (including phenoxy) is 1. The number of hydrogen-bond donors (Lipinski definition) is 0. The maximum atomic E-state index is 7.66. The van der Waals surface area contributed by atoms with Gasteiger partial charge in [0.15, 0.2) is 0 Å². The minimum Gasteiger partial charge on any atom is -0.492 e. The molecular weight excluding hydrogens is 1490 g/mol. The van der Waals surface area contributed by atoms with Gasteiger partial charge in [0.2, 0.25) is 0 Å². The van der Waals surface area contributed by atoms with Crippen LogP contribution in [0, 0.1) is 59.7 Å². The molecule has 0 radical (unpaired) electrons. The maximum absolute atomic E-state index is 7.66. The summed E-state index contributed by atoms with van der Waals surface area (Å²) in [5.41, 5.74) is 45.8. The van der Waals surface area contributed by atoms with Gasteiger partial charge in [-0.2, -0.15) is 8.75 Å². The van der Waals surface area contributed by atoms with Gasteiger partial charge in [-0.05, 0) is 218 Å². The molecule has 24 rings (SSSR count). The third-order valence-corrected chi connectivity index (χ3v) is 29.5. The molecule has 1 aromatic heterocycles. The number of rotatable bonds is 14. The Labute approximate surface area is 731 Å². The first kappa shape index (κ1) is 79.7. The fourth-order valence-electron chi connectivity index (χ4n) is 23.1. The molecule has 122 heavy (non-hydrogen) atoms. The van der Waals surface area contributed by atoms with Gasteiger partial charge < -0.3 is 4.74 Å². The minimum atomic E-state index is -0.281. The third kappa shape index (κ3) is 12.7. The van der Waals surface area contributed by atoms with E-state index < -0.39 is 0 Å². The highest BCUT2D eigenvalue weighted by Gasteiger charge is 2.54. The van der Waals surface area contributed by atoms with Crippen LogP contribution in [-0.4, -0.2) is 15.4 Å². The molecular formula is C118H116N2OS. The topological polar surface area (TPSA) is 35.0 Å². The zero-order valence-corrected chi connectivity index (χ0v) is 76.0. The first-order valence-electron chi connectivity index (χ1n) is 46.0. The second-order valence-electron chi connectivity index (χ2n) is 41.9. The maximum Gasteiger partial charge on any atom is 0.141 e. The summed E-state index contributed by atoms with van der Waals surface area (Å²) in [4.78, 5) is 0. The summed E-state index contributed by atoms with van der Waals surface area (Å²) in [6.45, 7) is 42.3. The van der Waals surface area contributed by atoms with Gasteiger partial charge in [-0.1, -0.05) is 372 Å². The summed E-state index contributed by atoms with van der Waals surface area (Å²) in [6.07, 6.45) is 15.1. The van der Waals surface area contributed by atoms with Crippen LogP contribution in [0.2, 0.25) is 0 Å². The molecule has 610 valence electrons. The van der Waals surface area contributed by atoms with Gasteiger partial charge in [0, 0.05) is 80.6 Å². The average molecular weight is 1610 g/mol. The first-order chi connectivity index (χ1) is 58.6. The van der Waals surface area contributed by atoms with Gasteiger partial charge >= 0.3 is 0 Å². The number of nitrogens with zero attached hydrogens (tertiary/aromatic N) is 2. The molecule has 0 amide bonds. The van der Waals surface area contributed by atoms with Gasteiger partial charge in [0.1, 0.15) is 16.8 Å². The van der Waals surface area contributed by atoms with Crippen LogP contribution in [0.4, 0.5) is 0 Å². The van der Waals surface area contributed by atoms with E-state index in [0.29, 0.717) is 6.61 Å². The number of hydrogen-bond acceptors (Lipinski definition) is 4. The second-order valence-corrected chi connectivity index (χ2v) is 42.5. The highest BCUT2D eigenvalue weighted by Crippen LogP contribution is 2.68. The van der Waals surface area contributed by atoms with E-state index >= 15 is 0 Å². The minimum absolute atomic E-state index is 0.0536. The molecule has 0 unspecified atom stereocenters. The number of fused-ring (bicyclic) bond motifs is 1. The molecule has 11 aromatic carbocycles. The molecule has 3 nitrogen and oxygen atoms in total. The summed E-state index contributed by atoms with van der Waals surface area (Å²) in [7, 11) is 0. The fraction of sp³-hybridized carbons (Fsp3) is 0.373. The lowest BCUT2D eigenvalue weighted by Gasteiger charge is -2.49. The van der Waals surface area contributed by atoms with E-state index in [9.17, 15) is 0 Å². The lowest BCUT2D eigenvalue weighted by Crippen LogP contribution is -2.35. The smallest absolute Gasteiger partial charge is 0.141 e. The molecule has 1 heterocycles. The zero-order chi connectivity index (χ0) is 84.5. The number of unbranched alkanes of at least 4 members (excludes halogenated alkanes) is 11. The van der Waals surface area contributed by atoms with Gasteiger partial charge in [0.25, 0.3) is 0 Å². The van der Waals surface area contributed by atoms with Crippen molar-refractivity contribution in [3.8, 4) is 53.1 Å². The largest absolute Gasteiger partial charge is 0.492 e. The molecule has 8 bridgehead atoms. The van der Waals surface area contributed by atoms with E-state index in [1.807, 2.05) is 6.92 Å². The van der Waals surface area contributed by atoms with Crippen LogP contribution in [0.1, 0.15) is 437 Å². The SMILES string of the molecule is CC#Cc1c2c(c(C#Cc3c(OCCCCCCCCCCCCCC)c(C)c(C#Cc4c5c(c(C#CC(C)(C)C)c6c4[C@H]4c7ccccc7[C@H]6c6ccccc64)[C@@H]4c6ccc(C(C)(C)C)cc6[C@@H]5c5ccc(C(C)(C)C)cc54)c4nsnc34)c3c1[C@H]1c4ccccc4[C@H]3c3ccccc31)[C@@H]1c3ccc(C(C)(C)C)cc3[C@@H]2c2ccc(C(C)(C)C)cc21. The van der Waals surface area contributed by atoms with Gasteiger partial charge in [-0.25, -0.2) is 0 Å². The molecule has 0 N–H and O–H groups in total. The van der Waals surface area contributed by atoms with Crippen LogP contribution in [-0.2, 0) is 21.7 Å². The van der Waals surface area contributed by atoms with Crippen LogP contribution < -0.4 is 4.74 Å². The van der Waals surface area contributed by atoms with E-state index in [0.717, 1.165) is 57.4 Å². The quantitative estimate of drug-likeness (QED) is 0.0804. The summed E-state index contributed by atoms with van der Waals surface area (Å²) < 4.78 is 18.6. The van der Waals surface area contributed by atoms with E-state index in [4.69, 9.17) is 13.5 Å². The summed E-state index contributed by atoms with van der Waals surface area (Å²) >= 11 is 1.27. The van der Waals surface area contributed by atoms with Crippen LogP contribution in [0.15, 0.2) is 170 Å². The first-order valence-corrected chi connectivity index (χ1v) is 46.7. The summed E-state index contributed by atoms with van der Waals surface area (Å²) in [6, 6.07) is 67.2. The molecule has 12 aliphatic carbocycles. The average Bonchev–Trinajstić information content (AvgIpc) is 0.833. The molecule has 12 aliphatic rings. The van der Waals surface area contributed by atoms with Gasteiger partial charge in [0.05, 0.1) is 29.5 Å².